The molecule has 0 spiro atoms. The molecular weight excluding hydrogens is 530 g/mol. The van der Waals surface area contributed by atoms with Crippen molar-refractivity contribution < 1.29 is 14.0 Å². The second-order valence-corrected chi connectivity index (χ2v) is 8.76. The Bertz CT molecular complexity index is 1300. The van der Waals surface area contributed by atoms with Crippen LogP contribution in [-0.2, 0) is 11.3 Å². The van der Waals surface area contributed by atoms with Gasteiger partial charge < -0.3 is 16.0 Å². The maximum Gasteiger partial charge on any atom is 0.326 e. The summed E-state index contributed by atoms with van der Waals surface area (Å²) >= 11 is 2.10. The number of amides is 3. The summed E-state index contributed by atoms with van der Waals surface area (Å²) in [6.45, 7) is 1.92. The molecule has 32 heavy (non-hydrogen) atoms. The van der Waals surface area contributed by atoms with E-state index in [4.69, 9.17) is 0 Å². The third-order valence-corrected chi connectivity index (χ3v) is 6.14. The van der Waals surface area contributed by atoms with Crippen molar-refractivity contribution >= 4 is 58.1 Å². The number of carbonyl (C=O) groups is 2. The molecule has 2 aliphatic rings. The predicted octanol–water partition coefficient (Wildman–Crippen LogP) is 2.54. The molecule has 2 aromatic heterocycles. The van der Waals surface area contributed by atoms with Crippen molar-refractivity contribution in [2.75, 3.05) is 10.6 Å². The van der Waals surface area contributed by atoms with E-state index in [2.05, 4.69) is 58.9 Å². The van der Waals surface area contributed by atoms with Crippen LogP contribution in [0.1, 0.15) is 29.5 Å². The molecule has 1 aliphatic heterocycles. The van der Waals surface area contributed by atoms with Gasteiger partial charge in [-0.3, -0.25) is 10.1 Å². The topological polar surface area (TPSA) is 125 Å². The fourth-order valence-electron chi connectivity index (χ4n) is 3.26. The Hall–Kier alpha value is -3.29. The predicted molar refractivity (Wildman–Crippen MR) is 123 cm³/mol. The number of nitrogens with one attached hydrogen (secondary N) is 4. The van der Waals surface area contributed by atoms with Crippen LogP contribution in [0.15, 0.2) is 24.0 Å². The summed E-state index contributed by atoms with van der Waals surface area (Å²) in [6.07, 6.45) is 5.11. The number of urea groups is 1. The zero-order valence-electron chi connectivity index (χ0n) is 16.9. The molecule has 0 unspecified atom stereocenters. The molecule has 3 aromatic rings. The number of hydrogen-bond acceptors (Lipinski definition) is 7. The Balaban J connectivity index is 1.51. The maximum absolute atomic E-state index is 14.6. The normalized spacial score (nSPS) is 17.0. The molecule has 1 aliphatic carbocycles. The van der Waals surface area contributed by atoms with Gasteiger partial charge in [0.25, 0.3) is 5.91 Å². The Morgan fingerprint density at radius 1 is 1.28 bits per heavy atom. The number of fused-ring (bicyclic) bond motifs is 1. The Kier molecular flexibility index (Phi) is 5.15. The summed E-state index contributed by atoms with van der Waals surface area (Å²) in [4.78, 5) is 32.4. The first-order chi connectivity index (χ1) is 15.4. The van der Waals surface area contributed by atoms with Gasteiger partial charge in [0.2, 0.25) is 11.9 Å². The first kappa shape index (κ1) is 20.6. The van der Waals surface area contributed by atoms with Crippen LogP contribution in [0.3, 0.4) is 0 Å². The average molecular weight is 548 g/mol. The largest absolute Gasteiger partial charge is 0.351 e. The molecule has 10 nitrogen and oxygen atoms in total. The fourth-order valence-corrected chi connectivity index (χ4v) is 3.87. The van der Waals surface area contributed by atoms with Crippen LogP contribution < -0.4 is 21.3 Å². The zero-order valence-corrected chi connectivity index (χ0v) is 19.0. The van der Waals surface area contributed by atoms with Crippen molar-refractivity contribution in [1.29, 1.82) is 0 Å². The van der Waals surface area contributed by atoms with E-state index in [1.165, 1.54) is 6.08 Å². The van der Waals surface area contributed by atoms with E-state index in [1.807, 2.05) is 6.07 Å². The standard InChI is InChI=1S/C20H18FIN8O2/c1-9-2-5-13(22)12(15(9)21)8-23-18-27-16-10(6-14-17(31)28-20(32)26-14)7-24-30(16)19(29-18)25-11-3-4-11/h2,5-7,11H,3-4,8H2,1H3,(H2,23,25,27,29)(H2,26,28,31,32)/b14-6-. The number of halogens is 2. The molecule has 12 heteroatoms. The lowest BCUT2D eigenvalue weighted by Gasteiger charge is -2.12. The molecule has 3 heterocycles. The zero-order chi connectivity index (χ0) is 22.4. The van der Waals surface area contributed by atoms with Gasteiger partial charge >= 0.3 is 6.03 Å². The number of nitrogens with zero attached hydrogens (tertiary/aromatic N) is 4. The molecule has 1 saturated heterocycles. The number of hydrogen-bond donors (Lipinski definition) is 4. The summed E-state index contributed by atoms with van der Waals surface area (Å²) < 4.78 is 16.9. The monoisotopic (exact) mass is 548 g/mol. The summed E-state index contributed by atoms with van der Waals surface area (Å²) in [7, 11) is 0. The number of anilines is 2. The molecule has 0 bridgehead atoms. The molecular formula is C20H18FIN8O2. The van der Waals surface area contributed by atoms with Crippen LogP contribution in [0.5, 0.6) is 0 Å². The Morgan fingerprint density at radius 2 is 2.09 bits per heavy atom. The lowest BCUT2D eigenvalue weighted by atomic mass is 10.1. The third-order valence-electron chi connectivity index (χ3n) is 5.13. The van der Waals surface area contributed by atoms with Gasteiger partial charge in [0.05, 0.1) is 6.20 Å². The number of aryl methyl sites for hydroxylation is 1. The quantitative estimate of drug-likeness (QED) is 0.212. The minimum Gasteiger partial charge on any atom is -0.351 e. The van der Waals surface area contributed by atoms with E-state index >= 15 is 0 Å². The van der Waals surface area contributed by atoms with Gasteiger partial charge in [-0.15, -0.1) is 0 Å². The fraction of sp³-hybridized carbons (Fsp3) is 0.250. The number of carbonyl (C=O) groups excluding carboxylic acids is 2. The Labute approximate surface area is 195 Å². The van der Waals surface area contributed by atoms with E-state index < -0.39 is 11.9 Å². The SMILES string of the molecule is Cc1ccc(I)c(CNc2nc(NC3CC3)n3ncc(/C=C4\NC(=O)NC4=O)c3n2)c1F. The molecule has 3 amide bonds. The van der Waals surface area contributed by atoms with Crippen LogP contribution >= 0.6 is 22.6 Å². The highest BCUT2D eigenvalue weighted by Crippen LogP contribution is 2.26. The average Bonchev–Trinajstić information content (AvgIpc) is 3.39. The number of rotatable bonds is 6. The number of aromatic nitrogens is 4. The van der Waals surface area contributed by atoms with Crippen LogP contribution in [0.2, 0.25) is 0 Å². The molecule has 1 saturated carbocycles. The lowest BCUT2D eigenvalue weighted by molar-refractivity contribution is -0.115. The van der Waals surface area contributed by atoms with E-state index in [9.17, 15) is 14.0 Å². The minimum absolute atomic E-state index is 0.103. The van der Waals surface area contributed by atoms with Crippen molar-refractivity contribution in [1.82, 2.24) is 30.2 Å². The molecule has 5 rings (SSSR count). The van der Waals surface area contributed by atoms with Crippen LogP contribution in [0, 0.1) is 16.3 Å². The first-order valence-corrected chi connectivity index (χ1v) is 11.0. The van der Waals surface area contributed by atoms with Crippen LogP contribution in [0.25, 0.3) is 11.7 Å². The van der Waals surface area contributed by atoms with Gasteiger partial charge in [-0.05, 0) is 60.1 Å². The number of benzene rings is 1. The highest BCUT2D eigenvalue weighted by atomic mass is 127. The van der Waals surface area contributed by atoms with Crippen LogP contribution in [-0.4, -0.2) is 37.6 Å². The number of imide groups is 1. The van der Waals surface area contributed by atoms with Gasteiger partial charge in [-0.25, -0.2) is 9.18 Å². The third kappa shape index (κ3) is 3.97. The summed E-state index contributed by atoms with van der Waals surface area (Å²) in [5.41, 5.74) is 2.17. The van der Waals surface area contributed by atoms with Gasteiger partial charge in [-0.2, -0.15) is 19.6 Å². The van der Waals surface area contributed by atoms with Crippen molar-refractivity contribution in [2.24, 2.45) is 0 Å². The molecule has 1 aromatic carbocycles. The van der Waals surface area contributed by atoms with Gasteiger partial charge in [0, 0.05) is 27.3 Å². The molecule has 0 radical (unpaired) electrons. The second kappa shape index (κ2) is 8.00. The summed E-state index contributed by atoms with van der Waals surface area (Å²) in [5, 5.41) is 15.4. The van der Waals surface area contributed by atoms with Crippen LogP contribution in [0.4, 0.5) is 21.1 Å². The van der Waals surface area contributed by atoms with Gasteiger partial charge in [0.15, 0.2) is 5.65 Å². The highest BCUT2D eigenvalue weighted by molar-refractivity contribution is 14.1. The van der Waals surface area contributed by atoms with E-state index in [-0.39, 0.29) is 24.0 Å². The summed E-state index contributed by atoms with van der Waals surface area (Å²) in [6, 6.07) is 3.33. The molecule has 164 valence electrons. The smallest absolute Gasteiger partial charge is 0.326 e. The van der Waals surface area contributed by atoms with Crippen molar-refractivity contribution in [2.45, 2.75) is 32.4 Å². The summed E-state index contributed by atoms with van der Waals surface area (Å²) in [5.74, 6) is -0.0106. The van der Waals surface area contributed by atoms with Gasteiger partial charge in [-0.1, -0.05) is 6.07 Å². The van der Waals surface area contributed by atoms with Gasteiger partial charge in [0.1, 0.15) is 11.5 Å². The second-order valence-electron chi connectivity index (χ2n) is 7.60. The minimum atomic E-state index is -0.583. The van der Waals surface area contributed by atoms with E-state index in [0.717, 1.165) is 16.4 Å². The van der Waals surface area contributed by atoms with E-state index in [1.54, 1.807) is 23.7 Å². The van der Waals surface area contributed by atoms with Crippen molar-refractivity contribution in [3.05, 3.63) is 50.1 Å². The molecule has 0 atom stereocenters. The van der Waals surface area contributed by atoms with Crippen molar-refractivity contribution in [3.63, 3.8) is 0 Å². The molecule has 4 N–H and O–H groups in total. The lowest BCUT2D eigenvalue weighted by Crippen LogP contribution is -2.22. The van der Waals surface area contributed by atoms with E-state index in [0.29, 0.717) is 34.3 Å². The Morgan fingerprint density at radius 3 is 2.81 bits per heavy atom. The highest BCUT2D eigenvalue weighted by Gasteiger charge is 2.26. The van der Waals surface area contributed by atoms with Crippen molar-refractivity contribution in [3.8, 4) is 0 Å². The maximum atomic E-state index is 14.6. The first-order valence-electron chi connectivity index (χ1n) is 9.93. The molecule has 2 fully saturated rings.